The average Bonchev–Trinajstić information content (AvgIpc) is 3.29. The van der Waals surface area contributed by atoms with Crippen molar-refractivity contribution in [3.63, 3.8) is 0 Å². The van der Waals surface area contributed by atoms with Crippen molar-refractivity contribution < 1.29 is 4.79 Å². The van der Waals surface area contributed by atoms with Gasteiger partial charge in [0.1, 0.15) is 0 Å². The van der Waals surface area contributed by atoms with Gasteiger partial charge in [-0.1, -0.05) is 20.8 Å². The van der Waals surface area contributed by atoms with Crippen LogP contribution in [-0.4, -0.2) is 58.3 Å². The molecule has 3 rings (SSSR count). The van der Waals surface area contributed by atoms with Crippen molar-refractivity contribution in [1.29, 1.82) is 0 Å². The molecule has 3 heterocycles. The lowest BCUT2D eigenvalue weighted by Gasteiger charge is -2.21. The Morgan fingerprint density at radius 3 is 2.76 bits per heavy atom. The molecule has 1 aromatic heterocycles. The van der Waals surface area contributed by atoms with Gasteiger partial charge in [-0.05, 0) is 50.6 Å². The third-order valence-electron chi connectivity index (χ3n) is 5.35. The number of nitrogens with one attached hydrogen (secondary N) is 1. The van der Waals surface area contributed by atoms with Crippen molar-refractivity contribution in [3.05, 3.63) is 11.9 Å². The van der Waals surface area contributed by atoms with Crippen molar-refractivity contribution in [2.24, 2.45) is 11.8 Å². The Labute approximate surface area is 151 Å². The molecular weight excluding hydrogens is 314 g/mol. The number of hydrogen-bond acceptors (Lipinski definition) is 3. The SMILES string of the molecule is CCc1c(NC(=O)N2CC[C@H](CN3CCCC3)C2)cnn1CC(C)C. The molecule has 2 fully saturated rings. The average molecular weight is 348 g/mol. The Kier molecular flexibility index (Phi) is 5.99. The van der Waals surface area contributed by atoms with Gasteiger partial charge in [0.15, 0.2) is 0 Å². The van der Waals surface area contributed by atoms with Gasteiger partial charge in [0.2, 0.25) is 0 Å². The molecule has 6 nitrogen and oxygen atoms in total. The topological polar surface area (TPSA) is 53.4 Å². The summed E-state index contributed by atoms with van der Waals surface area (Å²) in [4.78, 5) is 17.2. The highest BCUT2D eigenvalue weighted by molar-refractivity contribution is 5.90. The van der Waals surface area contributed by atoms with Gasteiger partial charge in [0, 0.05) is 26.2 Å². The van der Waals surface area contributed by atoms with Gasteiger partial charge in [-0.25, -0.2) is 4.79 Å². The molecule has 0 aliphatic carbocycles. The van der Waals surface area contributed by atoms with E-state index >= 15 is 0 Å². The van der Waals surface area contributed by atoms with Crippen molar-refractivity contribution in [2.75, 3.05) is 38.0 Å². The highest BCUT2D eigenvalue weighted by Gasteiger charge is 2.29. The van der Waals surface area contributed by atoms with Gasteiger partial charge in [0.05, 0.1) is 17.6 Å². The molecule has 1 atom stereocenters. The Morgan fingerprint density at radius 2 is 2.08 bits per heavy atom. The molecular formula is C19H33N5O. The van der Waals surface area contributed by atoms with Crippen LogP contribution in [0.3, 0.4) is 0 Å². The molecule has 25 heavy (non-hydrogen) atoms. The number of hydrogen-bond donors (Lipinski definition) is 1. The minimum Gasteiger partial charge on any atom is -0.324 e. The maximum Gasteiger partial charge on any atom is 0.321 e. The first-order valence-electron chi connectivity index (χ1n) is 9.89. The van der Waals surface area contributed by atoms with E-state index in [4.69, 9.17) is 0 Å². The van der Waals surface area contributed by atoms with E-state index < -0.39 is 0 Å². The maximum atomic E-state index is 12.7. The van der Waals surface area contributed by atoms with Gasteiger partial charge in [-0.15, -0.1) is 0 Å². The Bertz CT molecular complexity index is 576. The second-order valence-electron chi connectivity index (χ2n) is 7.97. The zero-order valence-corrected chi connectivity index (χ0v) is 16.0. The van der Waals surface area contributed by atoms with Gasteiger partial charge in [-0.2, -0.15) is 5.10 Å². The van der Waals surface area contributed by atoms with Crippen LogP contribution >= 0.6 is 0 Å². The molecule has 2 saturated heterocycles. The summed E-state index contributed by atoms with van der Waals surface area (Å²) in [6.07, 6.45) is 6.46. The molecule has 140 valence electrons. The first kappa shape index (κ1) is 18.2. The van der Waals surface area contributed by atoms with Crippen LogP contribution in [0.4, 0.5) is 10.5 Å². The molecule has 2 amide bonds. The van der Waals surface area contributed by atoms with E-state index in [0.717, 1.165) is 50.4 Å². The fourth-order valence-corrected chi connectivity index (χ4v) is 4.08. The highest BCUT2D eigenvalue weighted by Crippen LogP contribution is 2.22. The minimum absolute atomic E-state index is 0.0303. The largest absolute Gasteiger partial charge is 0.324 e. The normalized spacial score (nSPS) is 21.4. The van der Waals surface area contributed by atoms with Gasteiger partial charge in [-0.3, -0.25) is 4.68 Å². The van der Waals surface area contributed by atoms with Gasteiger partial charge < -0.3 is 15.1 Å². The summed E-state index contributed by atoms with van der Waals surface area (Å²) < 4.78 is 2.03. The summed E-state index contributed by atoms with van der Waals surface area (Å²) in [5, 5.41) is 7.57. The van der Waals surface area contributed by atoms with E-state index in [1.807, 2.05) is 9.58 Å². The van der Waals surface area contributed by atoms with Crippen LogP contribution in [0.5, 0.6) is 0 Å². The molecule has 0 unspecified atom stereocenters. The molecule has 1 aromatic rings. The van der Waals surface area contributed by atoms with E-state index in [1.54, 1.807) is 6.20 Å². The summed E-state index contributed by atoms with van der Waals surface area (Å²) >= 11 is 0. The van der Waals surface area contributed by atoms with Gasteiger partial charge in [0.25, 0.3) is 0 Å². The van der Waals surface area contributed by atoms with Crippen LogP contribution in [0, 0.1) is 11.8 Å². The number of rotatable bonds is 6. The zero-order chi connectivity index (χ0) is 17.8. The van der Waals surface area contributed by atoms with Crippen LogP contribution in [0.2, 0.25) is 0 Å². The van der Waals surface area contributed by atoms with Gasteiger partial charge >= 0.3 is 6.03 Å². The van der Waals surface area contributed by atoms with E-state index in [-0.39, 0.29) is 6.03 Å². The molecule has 0 aromatic carbocycles. The summed E-state index contributed by atoms with van der Waals surface area (Å²) in [5.74, 6) is 1.16. The molecule has 0 bridgehead atoms. The monoisotopic (exact) mass is 347 g/mol. The van der Waals surface area contributed by atoms with Crippen molar-refractivity contribution in [2.45, 2.75) is 53.0 Å². The summed E-state index contributed by atoms with van der Waals surface area (Å²) in [5.41, 5.74) is 1.99. The molecule has 6 heteroatoms. The van der Waals surface area contributed by atoms with Crippen LogP contribution in [0.1, 0.15) is 45.7 Å². The molecule has 1 N–H and O–H groups in total. The van der Waals surface area contributed by atoms with E-state index in [1.165, 1.54) is 25.9 Å². The number of likely N-dealkylation sites (tertiary alicyclic amines) is 2. The van der Waals surface area contributed by atoms with Crippen molar-refractivity contribution in [3.8, 4) is 0 Å². The fourth-order valence-electron chi connectivity index (χ4n) is 4.08. The number of carbonyl (C=O) groups excluding carboxylic acids is 1. The minimum atomic E-state index is 0.0303. The lowest BCUT2D eigenvalue weighted by molar-refractivity contribution is 0.217. The summed E-state index contributed by atoms with van der Waals surface area (Å²) in [6.45, 7) is 12.7. The van der Waals surface area contributed by atoms with Crippen LogP contribution in [-0.2, 0) is 13.0 Å². The Hall–Kier alpha value is -1.56. The zero-order valence-electron chi connectivity index (χ0n) is 16.0. The van der Waals surface area contributed by atoms with E-state index in [0.29, 0.717) is 11.8 Å². The summed E-state index contributed by atoms with van der Waals surface area (Å²) in [7, 11) is 0. The second-order valence-corrected chi connectivity index (χ2v) is 7.97. The predicted molar refractivity (Wildman–Crippen MR) is 101 cm³/mol. The lowest BCUT2D eigenvalue weighted by Crippen LogP contribution is -2.35. The number of carbonyl (C=O) groups is 1. The van der Waals surface area contributed by atoms with Crippen molar-refractivity contribution in [1.82, 2.24) is 19.6 Å². The molecule has 0 radical (unpaired) electrons. The Balaban J connectivity index is 1.54. The third kappa shape index (κ3) is 4.54. The quantitative estimate of drug-likeness (QED) is 0.860. The number of aromatic nitrogens is 2. The van der Waals surface area contributed by atoms with Crippen LogP contribution in [0.15, 0.2) is 6.20 Å². The predicted octanol–water partition coefficient (Wildman–Crippen LogP) is 3.05. The summed E-state index contributed by atoms with van der Waals surface area (Å²) in [6, 6.07) is 0.0303. The standard InChI is InChI=1S/C19H33N5O/c1-4-18-17(11-20-24(18)12-15(2)3)21-19(25)23-10-7-16(14-23)13-22-8-5-6-9-22/h11,15-16H,4-10,12-14H2,1-3H3,(H,21,25)/t16-/m1/s1. The Morgan fingerprint density at radius 1 is 1.32 bits per heavy atom. The first-order chi connectivity index (χ1) is 12.1. The fraction of sp³-hybridized carbons (Fsp3) is 0.789. The molecule has 2 aliphatic rings. The number of nitrogens with zero attached hydrogens (tertiary/aromatic N) is 4. The third-order valence-corrected chi connectivity index (χ3v) is 5.35. The lowest BCUT2D eigenvalue weighted by atomic mass is 10.1. The van der Waals surface area contributed by atoms with E-state index in [2.05, 4.69) is 36.1 Å². The number of anilines is 1. The first-order valence-corrected chi connectivity index (χ1v) is 9.89. The van der Waals surface area contributed by atoms with E-state index in [9.17, 15) is 4.79 Å². The highest BCUT2D eigenvalue weighted by atomic mass is 16.2. The van der Waals surface area contributed by atoms with Crippen LogP contribution in [0.25, 0.3) is 0 Å². The van der Waals surface area contributed by atoms with Crippen LogP contribution < -0.4 is 5.32 Å². The molecule has 2 aliphatic heterocycles. The maximum absolute atomic E-state index is 12.7. The smallest absolute Gasteiger partial charge is 0.321 e. The molecule has 0 spiro atoms. The molecule has 0 saturated carbocycles. The van der Waals surface area contributed by atoms with Crippen molar-refractivity contribution >= 4 is 11.7 Å². The number of amides is 2. The second kappa shape index (κ2) is 8.21. The number of urea groups is 1.